The Morgan fingerprint density at radius 2 is 1.27 bits per heavy atom. The molecular formula is C61H49BN2O2. The zero-order valence-electron chi connectivity index (χ0n) is 38.7. The van der Waals surface area contributed by atoms with Crippen LogP contribution in [0.25, 0.3) is 93.8 Å². The molecule has 8 aromatic carbocycles. The maximum Gasteiger partial charge on any atom is 0.333 e. The summed E-state index contributed by atoms with van der Waals surface area (Å²) in [6.07, 6.45) is 1.95. The molecule has 318 valence electrons. The predicted molar refractivity (Wildman–Crippen MR) is 277 cm³/mol. The number of furan rings is 2. The van der Waals surface area contributed by atoms with Crippen LogP contribution in [0.5, 0.6) is 0 Å². The molecule has 0 spiro atoms. The Hall–Kier alpha value is -7.24. The van der Waals surface area contributed by atoms with Gasteiger partial charge >= 0.3 is 6.85 Å². The van der Waals surface area contributed by atoms with E-state index in [0.29, 0.717) is 0 Å². The number of aromatic nitrogens is 1. The van der Waals surface area contributed by atoms with E-state index in [2.05, 4.69) is 210 Å². The van der Waals surface area contributed by atoms with Crippen LogP contribution in [-0.4, -0.2) is 11.4 Å². The van der Waals surface area contributed by atoms with E-state index in [9.17, 15) is 0 Å². The number of hydrogen-bond donors (Lipinski definition) is 0. The fourth-order valence-electron chi connectivity index (χ4n) is 12.3. The van der Waals surface area contributed by atoms with Crippen LogP contribution in [0, 0.1) is 0 Å². The van der Waals surface area contributed by atoms with E-state index in [1.807, 2.05) is 6.26 Å². The van der Waals surface area contributed by atoms with E-state index in [4.69, 9.17) is 8.83 Å². The van der Waals surface area contributed by atoms with Crippen molar-refractivity contribution >= 4 is 83.9 Å². The first-order valence-electron chi connectivity index (χ1n) is 23.5. The standard InChI is InChI=1S/C61H49BN2O2/c1-59(2,3)35-22-25-37(26-23-35)64-48-32-52-40(38-18-13-15-21-50(38)66-52)29-43(48)54-53-39-19-12-14-20-45(39)61(7,8)56(53)55-42-28-36(60(4,5)6)24-27-47(42)63-49-30-41-44(34-16-10-9-11-17-34)33-65-51(41)31-46(49)62(64)57(54)58(55)63/h9-33H,1-8H3. The highest BCUT2D eigenvalue weighted by molar-refractivity contribution is 6.94. The number of benzene rings is 8. The lowest BCUT2D eigenvalue weighted by atomic mass is 9.43. The van der Waals surface area contributed by atoms with Gasteiger partial charge in [0.05, 0.1) is 17.3 Å². The second kappa shape index (κ2) is 12.6. The molecule has 0 saturated heterocycles. The van der Waals surface area contributed by atoms with Gasteiger partial charge in [0.25, 0.3) is 0 Å². The van der Waals surface area contributed by atoms with Gasteiger partial charge in [0.15, 0.2) is 0 Å². The number of anilines is 2. The molecule has 3 aromatic heterocycles. The first-order valence-corrected chi connectivity index (χ1v) is 23.5. The predicted octanol–water partition coefficient (Wildman–Crippen LogP) is 15.2. The van der Waals surface area contributed by atoms with Crippen LogP contribution in [0.1, 0.15) is 77.6 Å². The Morgan fingerprint density at radius 1 is 0.545 bits per heavy atom. The molecule has 0 bridgehead atoms. The van der Waals surface area contributed by atoms with Crippen LogP contribution in [0.15, 0.2) is 161 Å². The first kappa shape index (κ1) is 38.1. The van der Waals surface area contributed by atoms with Crippen LogP contribution < -0.4 is 15.7 Å². The third kappa shape index (κ3) is 4.85. The van der Waals surface area contributed by atoms with Crippen molar-refractivity contribution in [1.82, 2.24) is 4.57 Å². The quantitative estimate of drug-likeness (QED) is 0.163. The molecule has 11 aromatic rings. The van der Waals surface area contributed by atoms with Gasteiger partial charge in [-0.05, 0) is 115 Å². The van der Waals surface area contributed by atoms with Gasteiger partial charge in [-0.15, -0.1) is 0 Å². The van der Waals surface area contributed by atoms with Gasteiger partial charge in [-0.2, -0.15) is 0 Å². The Balaban J connectivity index is 1.23. The molecule has 3 aliphatic rings. The van der Waals surface area contributed by atoms with Crippen molar-refractivity contribution in [2.24, 2.45) is 0 Å². The summed E-state index contributed by atoms with van der Waals surface area (Å²) in [4.78, 5) is 2.63. The average molecular weight is 853 g/mol. The van der Waals surface area contributed by atoms with E-state index in [-0.39, 0.29) is 23.1 Å². The molecule has 0 saturated carbocycles. The highest BCUT2D eigenvalue weighted by Gasteiger charge is 2.50. The van der Waals surface area contributed by atoms with E-state index in [1.165, 1.54) is 82.9 Å². The highest BCUT2D eigenvalue weighted by Crippen LogP contribution is 2.59. The normalized spacial score (nSPS) is 14.7. The molecule has 2 aliphatic heterocycles. The first-order chi connectivity index (χ1) is 31.8. The molecule has 0 atom stereocenters. The minimum Gasteiger partial charge on any atom is -0.464 e. The van der Waals surface area contributed by atoms with Gasteiger partial charge in [-0.3, -0.25) is 0 Å². The summed E-state index contributed by atoms with van der Waals surface area (Å²) in [5, 5.41) is 6.05. The van der Waals surface area contributed by atoms with Crippen molar-refractivity contribution in [3.8, 4) is 39.1 Å². The third-order valence-electron chi connectivity index (χ3n) is 15.5. The van der Waals surface area contributed by atoms with Crippen molar-refractivity contribution in [1.29, 1.82) is 0 Å². The van der Waals surface area contributed by atoms with E-state index in [1.54, 1.807) is 0 Å². The van der Waals surface area contributed by atoms with Crippen molar-refractivity contribution in [3.63, 3.8) is 0 Å². The van der Waals surface area contributed by atoms with Gasteiger partial charge in [0, 0.05) is 66.6 Å². The smallest absolute Gasteiger partial charge is 0.333 e. The molecule has 0 radical (unpaired) electrons. The van der Waals surface area contributed by atoms with Gasteiger partial charge in [-0.25, -0.2) is 0 Å². The Kier molecular flexibility index (Phi) is 7.24. The number of rotatable bonds is 2. The molecule has 1 aliphatic carbocycles. The summed E-state index contributed by atoms with van der Waals surface area (Å²) in [5.74, 6) is 0. The fraction of sp³-hybridized carbons (Fsp3) is 0.180. The molecule has 5 heterocycles. The van der Waals surface area contributed by atoms with Gasteiger partial charge in [0.2, 0.25) is 0 Å². The zero-order chi connectivity index (χ0) is 44.8. The van der Waals surface area contributed by atoms with E-state index < -0.39 is 0 Å². The van der Waals surface area contributed by atoms with E-state index in [0.717, 1.165) is 55.4 Å². The number of fused-ring (bicyclic) bond motifs is 17. The number of para-hydroxylation sites is 1. The lowest BCUT2D eigenvalue weighted by Crippen LogP contribution is -2.60. The zero-order valence-corrected chi connectivity index (χ0v) is 38.7. The molecular weight excluding hydrogens is 803 g/mol. The lowest BCUT2D eigenvalue weighted by molar-refractivity contribution is 0.590. The topological polar surface area (TPSA) is 34.5 Å². The van der Waals surface area contributed by atoms with Crippen LogP contribution in [0.3, 0.4) is 0 Å². The van der Waals surface area contributed by atoms with Gasteiger partial charge in [-0.1, -0.05) is 146 Å². The van der Waals surface area contributed by atoms with Crippen LogP contribution in [0.4, 0.5) is 11.4 Å². The number of hydrogen-bond acceptors (Lipinski definition) is 3. The molecule has 0 N–H and O–H groups in total. The monoisotopic (exact) mass is 852 g/mol. The summed E-state index contributed by atoms with van der Waals surface area (Å²) < 4.78 is 16.1. The SMILES string of the molecule is CC(C)(C)c1ccc(N2B3c4cc5occ(-c6ccccc6)c5cc4-n4c5ccc(C(C)(C)C)cc5c5c6c(c(c3c54)-c3cc4c(cc32)oc2ccccc24)-c2ccccc2C6(C)C)cc1. The van der Waals surface area contributed by atoms with E-state index >= 15 is 0 Å². The molecule has 4 nitrogen and oxygen atoms in total. The Labute approximate surface area is 385 Å². The van der Waals surface area contributed by atoms with Crippen molar-refractivity contribution in [2.75, 3.05) is 4.81 Å². The van der Waals surface area contributed by atoms with Crippen LogP contribution in [0.2, 0.25) is 0 Å². The van der Waals surface area contributed by atoms with Crippen molar-refractivity contribution in [3.05, 3.63) is 174 Å². The summed E-state index contributed by atoms with van der Waals surface area (Å²) >= 11 is 0. The summed E-state index contributed by atoms with van der Waals surface area (Å²) in [5.41, 5.74) is 23.8. The van der Waals surface area contributed by atoms with Crippen LogP contribution >= 0.6 is 0 Å². The number of nitrogens with zero attached hydrogens (tertiary/aromatic N) is 2. The lowest BCUT2D eigenvalue weighted by Gasteiger charge is -2.43. The van der Waals surface area contributed by atoms with Crippen molar-refractivity contribution < 1.29 is 8.83 Å². The van der Waals surface area contributed by atoms with Crippen molar-refractivity contribution in [2.45, 2.75) is 71.6 Å². The van der Waals surface area contributed by atoms with Crippen LogP contribution in [-0.2, 0) is 16.2 Å². The third-order valence-corrected chi connectivity index (χ3v) is 15.5. The Morgan fingerprint density at radius 3 is 2.06 bits per heavy atom. The minimum absolute atomic E-state index is 0.00389. The maximum atomic E-state index is 6.79. The fourth-order valence-corrected chi connectivity index (χ4v) is 12.3. The highest BCUT2D eigenvalue weighted by atomic mass is 16.3. The molecule has 0 fully saturated rings. The van der Waals surface area contributed by atoms with Gasteiger partial charge < -0.3 is 18.2 Å². The molecule has 0 amide bonds. The second-order valence-electron chi connectivity index (χ2n) is 21.7. The largest absolute Gasteiger partial charge is 0.464 e. The molecule has 66 heavy (non-hydrogen) atoms. The summed E-state index contributed by atoms with van der Waals surface area (Å²) in [7, 11) is 0. The van der Waals surface area contributed by atoms with Gasteiger partial charge in [0.1, 0.15) is 16.7 Å². The maximum absolute atomic E-state index is 6.79. The summed E-state index contributed by atoms with van der Waals surface area (Å²) in [6, 6.07) is 54.6. The molecule has 0 unspecified atom stereocenters. The Bertz CT molecular complexity index is 3920. The molecule has 5 heteroatoms. The summed E-state index contributed by atoms with van der Waals surface area (Å²) in [6.45, 7) is 18.6. The minimum atomic E-state index is -0.283. The average Bonchev–Trinajstić information content (AvgIpc) is 4.05. The molecule has 14 rings (SSSR count). The second-order valence-corrected chi connectivity index (χ2v) is 21.7.